The summed E-state index contributed by atoms with van der Waals surface area (Å²) in [7, 11) is 1.86. The molecule has 5 heteroatoms. The van der Waals surface area contributed by atoms with Gasteiger partial charge in [-0.2, -0.15) is 0 Å². The van der Waals surface area contributed by atoms with Crippen LogP contribution in [0, 0.1) is 27.7 Å². The largest absolute Gasteiger partial charge is 0.507 e. The lowest BCUT2D eigenvalue weighted by molar-refractivity contribution is 0.466. The smallest absolute Gasteiger partial charge is 0.129 e. The third kappa shape index (κ3) is 3.55. The van der Waals surface area contributed by atoms with Crippen molar-refractivity contribution in [3.05, 3.63) is 46.5 Å². The van der Waals surface area contributed by atoms with E-state index in [-0.39, 0.29) is 11.5 Å². The number of hydrogen-bond acceptors (Lipinski definition) is 3. The number of aromatic hydroxyl groups is 2. The fraction of sp³-hybridized carbons (Fsp3) is 0.250. The second-order valence-electron chi connectivity index (χ2n) is 5.15. The van der Waals surface area contributed by atoms with Crippen LogP contribution in [0.25, 0.3) is 11.1 Å². The molecule has 2 N–H and O–H groups in total. The highest BCUT2D eigenvalue weighted by Crippen LogP contribution is 2.42. The van der Waals surface area contributed by atoms with E-state index in [1.54, 1.807) is 12.1 Å². The highest BCUT2D eigenvalue weighted by atomic mass is 28.3. The number of hydrogen-bond donors (Lipinski definition) is 2. The van der Waals surface area contributed by atoms with Gasteiger partial charge >= 0.3 is 0 Å². The summed E-state index contributed by atoms with van der Waals surface area (Å²) in [6.07, 6.45) is 0. The number of para-hydroxylation sites is 1. The van der Waals surface area contributed by atoms with E-state index in [4.69, 9.17) is 0 Å². The first-order chi connectivity index (χ1) is 9.86. The van der Waals surface area contributed by atoms with Crippen molar-refractivity contribution in [2.45, 2.75) is 27.7 Å². The van der Waals surface area contributed by atoms with Crippen molar-refractivity contribution in [1.82, 2.24) is 0 Å². The fourth-order valence-electron chi connectivity index (χ4n) is 2.31. The Kier molecular flexibility index (Phi) is 6.20. The fourth-order valence-corrected chi connectivity index (χ4v) is 2.31. The molecule has 2 rings (SSSR count). The standard InChI is InChI=1S/C16H18O2.H6OSi2/c1-9-10(2)12(4)16(18)15(11(9)3)13-7-5-6-8-14(13)17;2-1-3/h5-8,17-18H,1-4H3;2-3H3. The van der Waals surface area contributed by atoms with Crippen LogP contribution in [0.15, 0.2) is 24.3 Å². The summed E-state index contributed by atoms with van der Waals surface area (Å²) >= 11 is 0. The Labute approximate surface area is 132 Å². The third-order valence-corrected chi connectivity index (χ3v) is 3.83. The predicted octanol–water partition coefficient (Wildman–Crippen LogP) is 1.56. The van der Waals surface area contributed by atoms with Crippen LogP contribution < -0.4 is 0 Å². The number of benzene rings is 2. The Morgan fingerprint density at radius 1 is 0.810 bits per heavy atom. The zero-order valence-electron chi connectivity index (χ0n) is 13.6. The van der Waals surface area contributed by atoms with Gasteiger partial charge < -0.3 is 14.3 Å². The molecule has 2 aromatic rings. The van der Waals surface area contributed by atoms with Crippen LogP contribution in [-0.2, 0) is 4.12 Å². The predicted molar refractivity (Wildman–Crippen MR) is 95.1 cm³/mol. The van der Waals surface area contributed by atoms with E-state index in [9.17, 15) is 10.2 Å². The third-order valence-electron chi connectivity index (χ3n) is 3.83. The average molecular weight is 321 g/mol. The molecule has 0 saturated heterocycles. The summed E-state index contributed by atoms with van der Waals surface area (Å²) in [6.45, 7) is 7.93. The molecule has 0 aliphatic carbocycles. The monoisotopic (exact) mass is 320 g/mol. The first-order valence-corrected chi connectivity index (χ1v) is 8.47. The van der Waals surface area contributed by atoms with Gasteiger partial charge in [-0.25, -0.2) is 0 Å². The van der Waals surface area contributed by atoms with Crippen molar-refractivity contribution in [3.8, 4) is 22.6 Å². The van der Waals surface area contributed by atoms with Gasteiger partial charge in [-0.05, 0) is 56.0 Å². The number of phenolic OH excluding ortho intramolecular Hbond substituents is 2. The SMILES string of the molecule is Cc1c(C)c(C)c(-c2ccccc2O)c(O)c1C.[SiH3]O[SiH3]. The second-order valence-corrected chi connectivity index (χ2v) is 8.41. The molecule has 0 aromatic heterocycles. The molecule has 0 aliphatic heterocycles. The van der Waals surface area contributed by atoms with Crippen LogP contribution in [0.3, 0.4) is 0 Å². The quantitative estimate of drug-likeness (QED) is 0.784. The summed E-state index contributed by atoms with van der Waals surface area (Å²) in [4.78, 5) is 0. The van der Waals surface area contributed by atoms with Gasteiger partial charge in [0, 0.05) is 11.1 Å². The second kappa shape index (κ2) is 7.44. The van der Waals surface area contributed by atoms with E-state index in [1.807, 2.05) is 39.8 Å². The first-order valence-electron chi connectivity index (χ1n) is 6.84. The van der Waals surface area contributed by atoms with Gasteiger partial charge in [0.1, 0.15) is 32.5 Å². The minimum absolute atomic E-state index is 0.193. The summed E-state index contributed by atoms with van der Waals surface area (Å²) in [5.74, 6) is 0.454. The maximum absolute atomic E-state index is 10.4. The molecule has 0 spiro atoms. The molecular formula is C16H24O3Si2. The lowest BCUT2D eigenvalue weighted by Gasteiger charge is -2.18. The Morgan fingerprint density at radius 3 is 1.81 bits per heavy atom. The van der Waals surface area contributed by atoms with E-state index < -0.39 is 0 Å². The van der Waals surface area contributed by atoms with Crippen LogP contribution in [0.4, 0.5) is 0 Å². The molecule has 0 fully saturated rings. The Hall–Kier alpha value is -1.57. The molecule has 0 unspecified atom stereocenters. The van der Waals surface area contributed by atoms with Gasteiger partial charge in [0.15, 0.2) is 0 Å². The molecule has 21 heavy (non-hydrogen) atoms. The molecule has 114 valence electrons. The van der Waals surface area contributed by atoms with Gasteiger partial charge in [0.05, 0.1) is 0 Å². The molecule has 0 amide bonds. The lowest BCUT2D eigenvalue weighted by Crippen LogP contribution is -1.96. The van der Waals surface area contributed by atoms with Crippen molar-refractivity contribution in [2.75, 3.05) is 0 Å². The van der Waals surface area contributed by atoms with Gasteiger partial charge in [0.25, 0.3) is 0 Å². The Bertz CT molecular complexity index is 611. The normalized spacial score (nSPS) is 10.3. The molecule has 0 atom stereocenters. The summed E-state index contributed by atoms with van der Waals surface area (Å²) < 4.78 is 4.53. The topological polar surface area (TPSA) is 49.7 Å². The first kappa shape index (κ1) is 17.5. The molecule has 0 saturated carbocycles. The summed E-state index contributed by atoms with van der Waals surface area (Å²) in [5, 5.41) is 20.3. The van der Waals surface area contributed by atoms with Crippen LogP contribution in [0.2, 0.25) is 0 Å². The van der Waals surface area contributed by atoms with Crippen molar-refractivity contribution in [3.63, 3.8) is 0 Å². The van der Waals surface area contributed by atoms with Gasteiger partial charge in [-0.3, -0.25) is 0 Å². The zero-order valence-corrected chi connectivity index (χ0v) is 17.6. The Morgan fingerprint density at radius 2 is 1.29 bits per heavy atom. The minimum atomic E-state index is 0.193. The van der Waals surface area contributed by atoms with Gasteiger partial charge in [-0.15, -0.1) is 0 Å². The van der Waals surface area contributed by atoms with E-state index in [0.717, 1.165) is 48.8 Å². The van der Waals surface area contributed by atoms with Crippen molar-refractivity contribution in [2.24, 2.45) is 0 Å². The number of rotatable bonds is 1. The van der Waals surface area contributed by atoms with E-state index in [2.05, 4.69) is 4.12 Å². The van der Waals surface area contributed by atoms with E-state index in [0.29, 0.717) is 5.56 Å². The molecule has 0 aliphatic rings. The maximum Gasteiger partial charge on any atom is 0.129 e. The number of phenols is 2. The maximum atomic E-state index is 10.4. The summed E-state index contributed by atoms with van der Waals surface area (Å²) in [6, 6.07) is 7.10. The van der Waals surface area contributed by atoms with E-state index in [1.165, 1.54) is 0 Å². The van der Waals surface area contributed by atoms with Crippen LogP contribution >= 0.6 is 0 Å². The lowest BCUT2D eigenvalue weighted by atomic mass is 9.89. The van der Waals surface area contributed by atoms with Gasteiger partial charge in [-0.1, -0.05) is 18.2 Å². The van der Waals surface area contributed by atoms with Crippen molar-refractivity contribution < 1.29 is 14.3 Å². The van der Waals surface area contributed by atoms with E-state index >= 15 is 0 Å². The highest BCUT2D eigenvalue weighted by molar-refractivity contribution is 6.15. The average Bonchev–Trinajstić information content (AvgIpc) is 2.46. The Balaban J connectivity index is 0.000000677. The zero-order chi connectivity index (χ0) is 16.2. The van der Waals surface area contributed by atoms with Gasteiger partial charge in [0.2, 0.25) is 0 Å². The van der Waals surface area contributed by atoms with Crippen LogP contribution in [-0.4, -0.2) is 31.2 Å². The van der Waals surface area contributed by atoms with Crippen molar-refractivity contribution in [1.29, 1.82) is 0 Å². The molecule has 2 aromatic carbocycles. The molecule has 0 radical (unpaired) electrons. The molecule has 0 bridgehead atoms. The molecule has 0 heterocycles. The highest BCUT2D eigenvalue weighted by Gasteiger charge is 2.17. The summed E-state index contributed by atoms with van der Waals surface area (Å²) in [5.41, 5.74) is 5.55. The minimum Gasteiger partial charge on any atom is -0.507 e. The van der Waals surface area contributed by atoms with Crippen LogP contribution in [0.5, 0.6) is 11.5 Å². The van der Waals surface area contributed by atoms with Crippen molar-refractivity contribution >= 4 is 21.0 Å². The molecular weight excluding hydrogens is 296 g/mol. The van der Waals surface area contributed by atoms with Crippen LogP contribution in [0.1, 0.15) is 22.3 Å². The molecule has 3 nitrogen and oxygen atoms in total.